The maximum Gasteiger partial charge on any atom is 0.416 e. The van der Waals surface area contributed by atoms with Crippen LogP contribution in [0.1, 0.15) is 23.6 Å². The van der Waals surface area contributed by atoms with E-state index >= 15 is 0 Å². The van der Waals surface area contributed by atoms with Gasteiger partial charge < -0.3 is 10.1 Å². The van der Waals surface area contributed by atoms with Crippen molar-refractivity contribution in [2.75, 3.05) is 22.9 Å². The third-order valence-electron chi connectivity index (χ3n) is 4.18. The second-order valence-electron chi connectivity index (χ2n) is 6.52. The van der Waals surface area contributed by atoms with Gasteiger partial charge in [-0.15, -0.1) is 0 Å². The Bertz CT molecular complexity index is 1020. The number of halogens is 3. The van der Waals surface area contributed by atoms with Gasteiger partial charge in [-0.3, -0.25) is 9.10 Å². The van der Waals surface area contributed by atoms with E-state index in [1.54, 1.807) is 6.92 Å². The van der Waals surface area contributed by atoms with Crippen LogP contribution in [0.3, 0.4) is 0 Å². The number of sulfonamides is 1. The van der Waals surface area contributed by atoms with Crippen molar-refractivity contribution in [3.8, 4) is 5.75 Å². The second kappa shape index (κ2) is 8.32. The Morgan fingerprint density at radius 2 is 1.83 bits per heavy atom. The minimum absolute atomic E-state index is 0.0981. The number of ether oxygens (including phenoxy) is 1. The Hall–Kier alpha value is -2.75. The molecule has 0 unspecified atom stereocenters. The molecule has 0 atom stereocenters. The Labute approximate surface area is 167 Å². The highest BCUT2D eigenvalue weighted by Gasteiger charge is 2.30. The van der Waals surface area contributed by atoms with Crippen LogP contribution in [0.2, 0.25) is 0 Å². The van der Waals surface area contributed by atoms with E-state index in [0.717, 1.165) is 22.7 Å². The van der Waals surface area contributed by atoms with Crippen LogP contribution in [0.4, 0.5) is 24.5 Å². The molecule has 158 valence electrons. The van der Waals surface area contributed by atoms with E-state index in [1.807, 2.05) is 0 Å². The molecule has 0 aliphatic rings. The second-order valence-corrected chi connectivity index (χ2v) is 8.54. The molecule has 2 aromatic rings. The number of aryl methyl sites for hydroxylation is 1. The number of hydrogen-bond donors (Lipinski definition) is 1. The molecule has 0 bridgehead atoms. The summed E-state index contributed by atoms with van der Waals surface area (Å²) in [5.74, 6) is -0.241. The molecule has 1 amide bonds. The van der Waals surface area contributed by atoms with Gasteiger partial charge in [0, 0.05) is 25.7 Å². The molecule has 10 heteroatoms. The minimum Gasteiger partial charge on any atom is -0.487 e. The third-order valence-corrected chi connectivity index (χ3v) is 5.37. The molecular formula is C19H21F3N2O4S. The van der Waals surface area contributed by atoms with Crippen molar-refractivity contribution >= 4 is 27.3 Å². The normalized spacial score (nSPS) is 11.8. The van der Waals surface area contributed by atoms with Crippen LogP contribution >= 0.6 is 0 Å². The Morgan fingerprint density at radius 1 is 1.17 bits per heavy atom. The summed E-state index contributed by atoms with van der Waals surface area (Å²) in [6.45, 7) is 2.74. The van der Waals surface area contributed by atoms with E-state index < -0.39 is 21.8 Å². The molecule has 0 saturated heterocycles. The summed E-state index contributed by atoms with van der Waals surface area (Å²) in [6.07, 6.45) is -3.48. The van der Waals surface area contributed by atoms with Crippen LogP contribution in [-0.4, -0.2) is 27.6 Å². The lowest BCUT2D eigenvalue weighted by Crippen LogP contribution is -2.25. The van der Waals surface area contributed by atoms with Crippen LogP contribution in [-0.2, 0) is 27.6 Å². The quantitative estimate of drug-likeness (QED) is 0.753. The van der Waals surface area contributed by atoms with Gasteiger partial charge in [-0.05, 0) is 42.3 Å². The van der Waals surface area contributed by atoms with Gasteiger partial charge in [-0.25, -0.2) is 8.42 Å². The molecule has 2 rings (SSSR count). The first-order chi connectivity index (χ1) is 13.3. The molecule has 6 nitrogen and oxygen atoms in total. The standard InChI is InChI=1S/C19H21F3N2O4S/c1-12-5-6-15(19(20,21)22)9-14(12)11-28-18-10-16(23-13(2)25)7-8-17(18)24(3)29(4,26)27/h5-10H,11H2,1-4H3,(H,23,25). The lowest BCUT2D eigenvalue weighted by Gasteiger charge is -2.21. The number of rotatable bonds is 6. The number of anilines is 2. The van der Waals surface area contributed by atoms with Gasteiger partial charge >= 0.3 is 6.18 Å². The van der Waals surface area contributed by atoms with Crippen molar-refractivity contribution in [3.05, 3.63) is 53.1 Å². The molecule has 0 aromatic heterocycles. The van der Waals surface area contributed by atoms with Crippen molar-refractivity contribution in [1.82, 2.24) is 0 Å². The maximum absolute atomic E-state index is 13.0. The third kappa shape index (κ3) is 5.86. The molecule has 2 aromatic carbocycles. The van der Waals surface area contributed by atoms with Gasteiger partial charge in [0.25, 0.3) is 0 Å². The predicted molar refractivity (Wildman–Crippen MR) is 105 cm³/mol. The zero-order valence-electron chi connectivity index (χ0n) is 16.3. The van der Waals surface area contributed by atoms with Crippen molar-refractivity contribution in [1.29, 1.82) is 0 Å². The van der Waals surface area contributed by atoms with Crippen LogP contribution in [0.15, 0.2) is 36.4 Å². The molecule has 0 heterocycles. The van der Waals surface area contributed by atoms with Gasteiger partial charge in [0.1, 0.15) is 12.4 Å². The maximum atomic E-state index is 13.0. The lowest BCUT2D eigenvalue weighted by atomic mass is 10.1. The van der Waals surface area contributed by atoms with Gasteiger partial charge in [0.2, 0.25) is 15.9 Å². The number of amides is 1. The van der Waals surface area contributed by atoms with Gasteiger partial charge in [0.05, 0.1) is 17.5 Å². The molecule has 0 aliphatic carbocycles. The highest BCUT2D eigenvalue weighted by molar-refractivity contribution is 7.92. The molecular weight excluding hydrogens is 409 g/mol. The molecule has 0 saturated carbocycles. The predicted octanol–water partition coefficient (Wildman–Crippen LogP) is 3.95. The van der Waals surface area contributed by atoms with E-state index in [4.69, 9.17) is 4.74 Å². The van der Waals surface area contributed by atoms with Crippen molar-refractivity contribution in [2.24, 2.45) is 0 Å². The molecule has 29 heavy (non-hydrogen) atoms. The van der Waals surface area contributed by atoms with Gasteiger partial charge in [0.15, 0.2) is 0 Å². The monoisotopic (exact) mass is 430 g/mol. The number of nitrogens with zero attached hydrogens (tertiary/aromatic N) is 1. The summed E-state index contributed by atoms with van der Waals surface area (Å²) in [5.41, 5.74) is 0.638. The summed E-state index contributed by atoms with van der Waals surface area (Å²) in [7, 11) is -2.29. The number of carbonyl (C=O) groups excluding carboxylic acids is 1. The van der Waals surface area contributed by atoms with Crippen LogP contribution in [0, 0.1) is 6.92 Å². The number of carbonyl (C=O) groups is 1. The summed E-state index contributed by atoms with van der Waals surface area (Å²) in [6, 6.07) is 7.69. The average molecular weight is 430 g/mol. The first-order valence-corrected chi connectivity index (χ1v) is 10.3. The summed E-state index contributed by atoms with van der Waals surface area (Å²) >= 11 is 0. The van der Waals surface area contributed by atoms with E-state index in [9.17, 15) is 26.4 Å². The topological polar surface area (TPSA) is 75.7 Å². The first kappa shape index (κ1) is 22.5. The number of nitrogens with one attached hydrogen (secondary N) is 1. The molecule has 0 fully saturated rings. The van der Waals surface area contributed by atoms with E-state index in [-0.39, 0.29) is 24.0 Å². The zero-order valence-corrected chi connectivity index (χ0v) is 17.1. The van der Waals surface area contributed by atoms with E-state index in [2.05, 4.69) is 5.32 Å². The first-order valence-electron chi connectivity index (χ1n) is 8.44. The van der Waals surface area contributed by atoms with Gasteiger partial charge in [-0.2, -0.15) is 13.2 Å². The van der Waals surface area contributed by atoms with Crippen LogP contribution in [0.25, 0.3) is 0 Å². The molecule has 0 radical (unpaired) electrons. The summed E-state index contributed by atoms with van der Waals surface area (Å²) in [4.78, 5) is 11.3. The Kier molecular flexibility index (Phi) is 6.46. The largest absolute Gasteiger partial charge is 0.487 e. The Balaban J connectivity index is 2.41. The fourth-order valence-electron chi connectivity index (χ4n) is 2.51. The molecule has 0 spiro atoms. The van der Waals surface area contributed by atoms with Crippen molar-refractivity contribution in [3.63, 3.8) is 0 Å². The highest BCUT2D eigenvalue weighted by Crippen LogP contribution is 2.34. The average Bonchev–Trinajstić information content (AvgIpc) is 2.58. The summed E-state index contributed by atoms with van der Waals surface area (Å²) < 4.78 is 69.4. The fraction of sp³-hybridized carbons (Fsp3) is 0.316. The van der Waals surface area contributed by atoms with Crippen LogP contribution < -0.4 is 14.4 Å². The van der Waals surface area contributed by atoms with Crippen LogP contribution in [0.5, 0.6) is 5.75 Å². The number of alkyl halides is 3. The summed E-state index contributed by atoms with van der Waals surface area (Å²) in [5, 5.41) is 2.55. The van der Waals surface area contributed by atoms with Gasteiger partial charge in [-0.1, -0.05) is 6.07 Å². The number of hydrogen-bond acceptors (Lipinski definition) is 4. The minimum atomic E-state index is -4.49. The Morgan fingerprint density at radius 3 is 2.38 bits per heavy atom. The van der Waals surface area contributed by atoms with E-state index in [0.29, 0.717) is 16.8 Å². The highest BCUT2D eigenvalue weighted by atomic mass is 32.2. The smallest absolute Gasteiger partial charge is 0.416 e. The number of benzene rings is 2. The van der Waals surface area contributed by atoms with Crippen molar-refractivity contribution in [2.45, 2.75) is 26.6 Å². The van der Waals surface area contributed by atoms with Crippen molar-refractivity contribution < 1.29 is 31.1 Å². The van der Waals surface area contributed by atoms with E-state index in [1.165, 1.54) is 38.2 Å². The molecule has 0 aliphatic heterocycles. The lowest BCUT2D eigenvalue weighted by molar-refractivity contribution is -0.137. The molecule has 1 N–H and O–H groups in total. The zero-order chi connectivity index (χ0) is 22.0. The SMILES string of the molecule is CC(=O)Nc1ccc(N(C)S(C)(=O)=O)c(OCc2cc(C(F)(F)F)ccc2C)c1. The fourth-order valence-corrected chi connectivity index (χ4v) is 3.02.